The van der Waals surface area contributed by atoms with Crippen LogP contribution in [0.25, 0.3) is 0 Å². The average molecular weight is 169 g/mol. The van der Waals surface area contributed by atoms with Gasteiger partial charge in [-0.2, -0.15) is 5.10 Å². The predicted molar refractivity (Wildman–Crippen MR) is 44.1 cm³/mol. The topological polar surface area (TPSA) is 88.5 Å². The first-order valence-electron chi connectivity index (χ1n) is 3.53. The minimum absolute atomic E-state index is 0.0503. The van der Waals surface area contributed by atoms with Crippen LogP contribution in [0.2, 0.25) is 0 Å². The lowest BCUT2D eigenvalue weighted by Gasteiger charge is -1.93. The Morgan fingerprint density at radius 1 is 1.92 bits per heavy atom. The van der Waals surface area contributed by atoms with E-state index in [4.69, 9.17) is 10.9 Å². The second kappa shape index (κ2) is 3.72. The Balaban J connectivity index is 2.76. The van der Waals surface area contributed by atoms with Gasteiger partial charge in [0.15, 0.2) is 0 Å². The van der Waals surface area contributed by atoms with E-state index in [1.807, 2.05) is 6.92 Å². The zero-order valence-electron chi connectivity index (χ0n) is 6.73. The predicted octanol–water partition coefficient (Wildman–Crippen LogP) is -0.172. The Morgan fingerprint density at radius 3 is 3.17 bits per heavy atom. The second-order valence-corrected chi connectivity index (χ2v) is 2.16. The zero-order valence-corrected chi connectivity index (χ0v) is 6.73. The lowest BCUT2D eigenvalue weighted by molar-refractivity contribution is 0.233. The molecule has 66 valence electrons. The summed E-state index contributed by atoms with van der Waals surface area (Å²) in [5, 5.41) is 12.3. The lowest BCUT2D eigenvalue weighted by atomic mass is 10.6. The summed E-state index contributed by atoms with van der Waals surface area (Å²) in [6.45, 7) is 2.75. The number of guanidine groups is 1. The maximum absolute atomic E-state index is 8.33. The third-order valence-electron chi connectivity index (χ3n) is 1.31. The van der Waals surface area contributed by atoms with Crippen LogP contribution >= 0.6 is 0 Å². The average Bonchev–Trinajstić information content (AvgIpc) is 2.52. The molecule has 6 heteroatoms. The van der Waals surface area contributed by atoms with E-state index in [0.29, 0.717) is 5.69 Å². The van der Waals surface area contributed by atoms with Crippen molar-refractivity contribution < 1.29 is 5.21 Å². The third-order valence-corrected chi connectivity index (χ3v) is 1.31. The fraction of sp³-hybridized carbons (Fsp3) is 0.333. The second-order valence-electron chi connectivity index (χ2n) is 2.16. The van der Waals surface area contributed by atoms with E-state index < -0.39 is 0 Å². The molecule has 0 aliphatic heterocycles. The van der Waals surface area contributed by atoms with Crippen LogP contribution in [0.5, 0.6) is 0 Å². The molecule has 6 nitrogen and oxygen atoms in total. The number of hydrogen-bond donors (Lipinski definition) is 3. The maximum Gasteiger partial charge on any atom is 0.218 e. The van der Waals surface area contributed by atoms with Gasteiger partial charge in [0.1, 0.15) is 5.69 Å². The molecule has 0 saturated carbocycles. The van der Waals surface area contributed by atoms with E-state index in [0.717, 1.165) is 6.54 Å². The van der Waals surface area contributed by atoms with Crippen molar-refractivity contribution in [3.8, 4) is 0 Å². The summed E-state index contributed by atoms with van der Waals surface area (Å²) in [7, 11) is 0. The molecule has 0 saturated heterocycles. The molecule has 0 amide bonds. The van der Waals surface area contributed by atoms with Crippen molar-refractivity contribution in [2.45, 2.75) is 13.5 Å². The first kappa shape index (κ1) is 8.54. The molecule has 0 unspecified atom stereocenters. The van der Waals surface area contributed by atoms with Gasteiger partial charge in [0.25, 0.3) is 0 Å². The SMILES string of the molecule is CCn1cc(N=C(N)NO)cn1. The number of aryl methyl sites for hydroxylation is 1. The number of hydrogen-bond acceptors (Lipinski definition) is 3. The first-order chi connectivity index (χ1) is 5.76. The smallest absolute Gasteiger partial charge is 0.218 e. The van der Waals surface area contributed by atoms with E-state index in [-0.39, 0.29) is 5.96 Å². The molecule has 12 heavy (non-hydrogen) atoms. The summed E-state index contributed by atoms with van der Waals surface area (Å²) in [4.78, 5) is 3.80. The van der Waals surface area contributed by atoms with Gasteiger partial charge in [-0.15, -0.1) is 0 Å². The van der Waals surface area contributed by atoms with Gasteiger partial charge in [0, 0.05) is 6.54 Å². The third kappa shape index (κ3) is 1.96. The number of rotatable bonds is 2. The van der Waals surface area contributed by atoms with Crippen molar-refractivity contribution in [2.24, 2.45) is 10.7 Å². The highest BCUT2D eigenvalue weighted by molar-refractivity contribution is 5.79. The van der Waals surface area contributed by atoms with E-state index in [9.17, 15) is 0 Å². The van der Waals surface area contributed by atoms with Crippen LogP contribution in [0.1, 0.15) is 6.92 Å². The Kier molecular flexibility index (Phi) is 2.65. The highest BCUT2D eigenvalue weighted by Gasteiger charge is 1.94. The summed E-state index contributed by atoms with van der Waals surface area (Å²) < 4.78 is 1.71. The van der Waals surface area contributed by atoms with Crippen LogP contribution in [0.3, 0.4) is 0 Å². The minimum Gasteiger partial charge on any atom is -0.368 e. The molecule has 0 radical (unpaired) electrons. The van der Waals surface area contributed by atoms with Crippen molar-refractivity contribution >= 4 is 11.6 Å². The maximum atomic E-state index is 8.33. The van der Waals surface area contributed by atoms with Crippen LogP contribution in [-0.4, -0.2) is 20.9 Å². The van der Waals surface area contributed by atoms with Crippen LogP contribution in [0.15, 0.2) is 17.4 Å². The molecule has 1 heterocycles. The monoisotopic (exact) mass is 169 g/mol. The summed E-state index contributed by atoms with van der Waals surface area (Å²) in [6.07, 6.45) is 3.29. The molecule has 0 fully saturated rings. The number of aliphatic imine (C=N–C) groups is 1. The molecule has 0 aliphatic rings. The minimum atomic E-state index is -0.0503. The van der Waals surface area contributed by atoms with E-state index in [2.05, 4.69) is 10.1 Å². The molecule has 1 aromatic heterocycles. The van der Waals surface area contributed by atoms with E-state index in [1.165, 1.54) is 0 Å². The number of aromatic nitrogens is 2. The van der Waals surface area contributed by atoms with Gasteiger partial charge in [-0.05, 0) is 6.92 Å². The Bertz CT molecular complexity index is 279. The van der Waals surface area contributed by atoms with Gasteiger partial charge >= 0.3 is 0 Å². The molecule has 0 spiro atoms. The van der Waals surface area contributed by atoms with Crippen molar-refractivity contribution in [3.05, 3.63) is 12.4 Å². The fourth-order valence-electron chi connectivity index (χ4n) is 0.747. The summed E-state index contributed by atoms with van der Waals surface area (Å²) in [5.41, 5.74) is 7.55. The highest BCUT2D eigenvalue weighted by atomic mass is 16.5. The summed E-state index contributed by atoms with van der Waals surface area (Å²) in [5.74, 6) is -0.0503. The molecular weight excluding hydrogens is 158 g/mol. The van der Waals surface area contributed by atoms with Crippen molar-refractivity contribution in [3.63, 3.8) is 0 Å². The van der Waals surface area contributed by atoms with Crippen molar-refractivity contribution in [2.75, 3.05) is 0 Å². The molecule has 1 rings (SSSR count). The summed E-state index contributed by atoms with van der Waals surface area (Å²) >= 11 is 0. The summed E-state index contributed by atoms with van der Waals surface area (Å²) in [6, 6.07) is 0. The first-order valence-corrected chi connectivity index (χ1v) is 3.53. The number of nitrogens with one attached hydrogen (secondary N) is 1. The number of hydroxylamine groups is 1. The largest absolute Gasteiger partial charge is 0.368 e. The van der Waals surface area contributed by atoms with Gasteiger partial charge in [-0.25, -0.2) is 10.5 Å². The molecular formula is C6H11N5O. The van der Waals surface area contributed by atoms with Crippen LogP contribution in [0.4, 0.5) is 5.69 Å². The molecule has 0 aromatic carbocycles. The van der Waals surface area contributed by atoms with Gasteiger partial charge in [-0.3, -0.25) is 9.89 Å². The van der Waals surface area contributed by atoms with Crippen LogP contribution < -0.4 is 11.2 Å². The van der Waals surface area contributed by atoms with Crippen LogP contribution in [0, 0.1) is 0 Å². The molecule has 0 aliphatic carbocycles. The quantitative estimate of drug-likeness (QED) is 0.326. The lowest BCUT2D eigenvalue weighted by Crippen LogP contribution is -2.27. The van der Waals surface area contributed by atoms with Gasteiger partial charge < -0.3 is 5.73 Å². The van der Waals surface area contributed by atoms with Crippen molar-refractivity contribution in [1.82, 2.24) is 15.3 Å². The van der Waals surface area contributed by atoms with Crippen molar-refractivity contribution in [1.29, 1.82) is 0 Å². The standard InChI is InChI=1S/C6H11N5O/c1-2-11-4-5(3-8-11)9-6(7)10-12/h3-4,12H,2H2,1H3,(H3,7,9,10). The van der Waals surface area contributed by atoms with Gasteiger partial charge in [0.05, 0.1) is 12.4 Å². The fourth-order valence-corrected chi connectivity index (χ4v) is 0.747. The normalized spacial score (nSPS) is 11.7. The highest BCUT2D eigenvalue weighted by Crippen LogP contribution is 2.08. The van der Waals surface area contributed by atoms with E-state index in [1.54, 1.807) is 22.6 Å². The number of nitrogens with zero attached hydrogens (tertiary/aromatic N) is 3. The molecule has 0 atom stereocenters. The van der Waals surface area contributed by atoms with Gasteiger partial charge in [0.2, 0.25) is 5.96 Å². The number of nitrogens with two attached hydrogens (primary N) is 1. The molecule has 4 N–H and O–H groups in total. The Hall–Kier alpha value is -1.56. The molecule has 1 aromatic rings. The Labute approximate surface area is 69.7 Å². The van der Waals surface area contributed by atoms with Crippen LogP contribution in [-0.2, 0) is 6.54 Å². The zero-order chi connectivity index (χ0) is 8.97. The van der Waals surface area contributed by atoms with E-state index >= 15 is 0 Å². The molecule has 0 bridgehead atoms. The Morgan fingerprint density at radius 2 is 2.67 bits per heavy atom. The van der Waals surface area contributed by atoms with Gasteiger partial charge in [-0.1, -0.05) is 0 Å².